The lowest BCUT2D eigenvalue weighted by Crippen LogP contribution is -2.26. The van der Waals surface area contributed by atoms with Gasteiger partial charge in [-0.2, -0.15) is 0 Å². The van der Waals surface area contributed by atoms with Crippen LogP contribution in [0.1, 0.15) is 20.8 Å². The zero-order valence-corrected chi connectivity index (χ0v) is 8.01. The smallest absolute Gasteiger partial charge is 0.326 e. The first-order valence-electron chi connectivity index (χ1n) is 3.10. The summed E-state index contributed by atoms with van der Waals surface area (Å²) in [5.74, 6) is 0. The minimum absolute atomic E-state index is 0. The maximum atomic E-state index is 9.57. The van der Waals surface area contributed by atoms with Crippen LogP contribution in [0.2, 0.25) is 0 Å². The van der Waals surface area contributed by atoms with E-state index in [9.17, 15) is 4.57 Å². The van der Waals surface area contributed by atoms with E-state index in [1.54, 1.807) is 0 Å². The fourth-order valence-electron chi connectivity index (χ4n) is 0. The van der Waals surface area contributed by atoms with Crippen molar-refractivity contribution in [2.45, 2.75) is 26.3 Å². The Balaban J connectivity index is 0. The average Bonchev–Trinajstić information content (AvgIpc) is 1.59. The van der Waals surface area contributed by atoms with Gasteiger partial charge >= 0.3 is 7.60 Å². The van der Waals surface area contributed by atoms with Crippen LogP contribution < -0.4 is 11.5 Å². The van der Waals surface area contributed by atoms with Crippen LogP contribution in [-0.2, 0) is 4.57 Å². The van der Waals surface area contributed by atoms with Gasteiger partial charge in [0.25, 0.3) is 0 Å². The molecule has 0 saturated carbocycles. The molecule has 0 radical (unpaired) electrons. The van der Waals surface area contributed by atoms with E-state index in [1.165, 1.54) is 0 Å². The van der Waals surface area contributed by atoms with E-state index in [1.807, 2.05) is 20.8 Å². The summed E-state index contributed by atoms with van der Waals surface area (Å²) in [4.78, 5) is 15.6. The Morgan fingerprint density at radius 3 is 1.45 bits per heavy atom. The van der Waals surface area contributed by atoms with Crippen molar-refractivity contribution in [1.29, 1.82) is 0 Å². The molecule has 0 aromatic rings. The van der Waals surface area contributed by atoms with E-state index in [4.69, 9.17) is 15.5 Å². The summed E-state index contributed by atoms with van der Waals surface area (Å²) in [7, 11) is -3.87. The Bertz CT molecular complexity index is 131. The van der Waals surface area contributed by atoms with Crippen LogP contribution in [0.15, 0.2) is 0 Å². The highest BCUT2D eigenvalue weighted by Crippen LogP contribution is 2.30. The number of rotatable bonds is 1. The summed E-state index contributed by atoms with van der Waals surface area (Å²) in [6, 6.07) is 0. The third-order valence-electron chi connectivity index (χ3n) is 0.238. The van der Waals surface area contributed by atoms with Crippen LogP contribution in [0.25, 0.3) is 0 Å². The van der Waals surface area contributed by atoms with Crippen molar-refractivity contribution in [3.63, 3.8) is 0 Å². The Morgan fingerprint density at radius 1 is 1.36 bits per heavy atom. The third-order valence-corrected chi connectivity index (χ3v) is 0.714. The van der Waals surface area contributed by atoms with Crippen LogP contribution in [-0.4, -0.2) is 21.6 Å². The molecule has 0 rings (SSSR count). The van der Waals surface area contributed by atoms with E-state index >= 15 is 0 Å². The molecule has 6 heteroatoms. The molecule has 0 spiro atoms. The molecule has 11 heavy (non-hydrogen) atoms. The Hall–Kier alpha value is 0.0700. The molecular weight excluding hydrogens is 167 g/mol. The van der Waals surface area contributed by atoms with Crippen molar-refractivity contribution in [2.24, 2.45) is 11.5 Å². The summed E-state index contributed by atoms with van der Waals surface area (Å²) in [6.45, 7) is 5.90. The van der Waals surface area contributed by atoms with Crippen LogP contribution in [0.3, 0.4) is 0 Å². The second-order valence-electron chi connectivity index (χ2n) is 3.21. The van der Waals surface area contributed by atoms with Crippen molar-refractivity contribution in [3.8, 4) is 0 Å². The molecule has 0 atom stereocenters. The van der Waals surface area contributed by atoms with E-state index in [0.717, 1.165) is 0 Å². The van der Waals surface area contributed by atoms with Crippen LogP contribution >= 0.6 is 7.60 Å². The number of nitrogens with two attached hydrogens (primary N) is 2. The van der Waals surface area contributed by atoms with E-state index < -0.39 is 13.9 Å². The molecule has 0 aliphatic carbocycles. The van der Waals surface area contributed by atoms with Gasteiger partial charge in [-0.3, -0.25) is 4.57 Å². The van der Waals surface area contributed by atoms with Gasteiger partial charge in [0.15, 0.2) is 0 Å². The molecule has 70 valence electrons. The number of hydrogen-bond acceptors (Lipinski definition) is 3. The molecule has 0 amide bonds. The van der Waals surface area contributed by atoms with Crippen molar-refractivity contribution in [2.75, 3.05) is 6.29 Å². The van der Waals surface area contributed by atoms with Gasteiger partial charge in [-0.1, -0.05) is 0 Å². The summed E-state index contributed by atoms with van der Waals surface area (Å²) < 4.78 is 9.57. The summed E-state index contributed by atoms with van der Waals surface area (Å²) in [5, 5.41) is 0. The molecule has 0 fully saturated rings. The van der Waals surface area contributed by atoms with Crippen molar-refractivity contribution >= 4 is 7.60 Å². The molecule has 0 heterocycles. The fourth-order valence-corrected chi connectivity index (χ4v) is 0. The Labute approximate surface area is 66.9 Å². The van der Waals surface area contributed by atoms with Crippen LogP contribution in [0.4, 0.5) is 0 Å². The average molecular weight is 184 g/mol. The first-order valence-corrected chi connectivity index (χ1v) is 4.89. The molecule has 0 aliphatic heterocycles. The van der Waals surface area contributed by atoms with E-state index in [0.29, 0.717) is 0 Å². The molecule has 0 aliphatic rings. The maximum absolute atomic E-state index is 9.57. The first kappa shape index (κ1) is 13.6. The highest BCUT2D eigenvalue weighted by molar-refractivity contribution is 7.51. The molecule has 5 nitrogen and oxygen atoms in total. The number of hydrogen-bond donors (Lipinski definition) is 4. The molecule has 0 aromatic heterocycles. The van der Waals surface area contributed by atoms with E-state index in [2.05, 4.69) is 5.73 Å². The quantitative estimate of drug-likeness (QED) is 0.423. The molecule has 0 unspecified atom stereocenters. The topological polar surface area (TPSA) is 110 Å². The predicted octanol–water partition coefficient (Wildman–Crippen LogP) is -0.176. The first-order chi connectivity index (χ1) is 4.56. The fraction of sp³-hybridized carbons (Fsp3) is 1.00. The third kappa shape index (κ3) is 69.6. The lowest BCUT2D eigenvalue weighted by molar-refractivity contribution is 0.374. The molecular formula is C5H17N2O3P. The molecule has 6 N–H and O–H groups in total. The van der Waals surface area contributed by atoms with Crippen molar-refractivity contribution in [3.05, 3.63) is 0 Å². The van der Waals surface area contributed by atoms with Crippen LogP contribution in [0, 0.1) is 0 Å². The Morgan fingerprint density at radius 2 is 1.45 bits per heavy atom. The van der Waals surface area contributed by atoms with E-state index in [-0.39, 0.29) is 5.54 Å². The lowest BCUT2D eigenvalue weighted by atomic mass is 10.1. The summed E-state index contributed by atoms with van der Waals surface area (Å²) in [5.41, 5.74) is 9.90. The minimum Gasteiger partial charge on any atom is -0.326 e. The predicted molar refractivity (Wildman–Crippen MR) is 45.0 cm³/mol. The van der Waals surface area contributed by atoms with Gasteiger partial charge in [0.05, 0.1) is 6.29 Å². The highest BCUT2D eigenvalue weighted by Gasteiger charge is 2.05. The highest BCUT2D eigenvalue weighted by atomic mass is 31.2. The second-order valence-corrected chi connectivity index (χ2v) is 4.91. The van der Waals surface area contributed by atoms with Crippen molar-refractivity contribution < 1.29 is 14.4 Å². The monoisotopic (exact) mass is 184 g/mol. The van der Waals surface area contributed by atoms with Gasteiger partial charge in [-0.05, 0) is 20.8 Å². The van der Waals surface area contributed by atoms with Gasteiger partial charge in [0.1, 0.15) is 0 Å². The Kier molecular flexibility index (Phi) is 6.02. The second kappa shape index (κ2) is 4.85. The van der Waals surface area contributed by atoms with Crippen molar-refractivity contribution in [1.82, 2.24) is 0 Å². The maximum Gasteiger partial charge on any atom is 0.338 e. The molecule has 0 saturated heterocycles. The molecule has 0 aromatic carbocycles. The van der Waals surface area contributed by atoms with Gasteiger partial charge in [0, 0.05) is 5.54 Å². The lowest BCUT2D eigenvalue weighted by Gasteiger charge is -2.06. The van der Waals surface area contributed by atoms with Crippen LogP contribution in [0.5, 0.6) is 0 Å². The normalized spacial score (nSPS) is 11.9. The SMILES string of the molecule is CC(C)(C)N.NCP(=O)(O)O. The summed E-state index contributed by atoms with van der Waals surface area (Å²) >= 11 is 0. The largest absolute Gasteiger partial charge is 0.338 e. The minimum atomic E-state index is -3.87. The zero-order valence-electron chi connectivity index (χ0n) is 7.11. The van der Waals surface area contributed by atoms with Gasteiger partial charge in [-0.15, -0.1) is 0 Å². The zero-order chi connectivity index (χ0) is 9.71. The van der Waals surface area contributed by atoms with Gasteiger partial charge < -0.3 is 21.3 Å². The summed E-state index contributed by atoms with van der Waals surface area (Å²) in [6.07, 6.45) is -0.562. The van der Waals surface area contributed by atoms with Gasteiger partial charge in [-0.25, -0.2) is 0 Å². The molecule has 0 bridgehead atoms. The standard InChI is InChI=1S/C4H11N.CH6NO3P/c1-4(2,3)5;2-1-6(3,4)5/h5H2,1-3H3;1-2H2,(H2,3,4,5). The van der Waals surface area contributed by atoms with Gasteiger partial charge in [0.2, 0.25) is 0 Å².